The summed E-state index contributed by atoms with van der Waals surface area (Å²) in [4.78, 5) is 164. The van der Waals surface area contributed by atoms with E-state index in [0.29, 0.717) is 11.3 Å². The molecule has 94 heavy (non-hydrogen) atoms. The van der Waals surface area contributed by atoms with E-state index in [0.717, 1.165) is 31.6 Å². The molecule has 0 aromatic heterocycles. The Balaban J connectivity index is 1.78. The minimum absolute atomic E-state index is 0.0203. The predicted molar refractivity (Wildman–Crippen MR) is 362 cm³/mol. The molecule has 11 amide bonds. The van der Waals surface area contributed by atoms with E-state index >= 15 is 0 Å². The zero-order chi connectivity index (χ0) is 70.0. The summed E-state index contributed by atoms with van der Waals surface area (Å²) in [6.45, 7) is 8.59. The molecule has 2 aromatic rings. The van der Waals surface area contributed by atoms with Gasteiger partial charge in [0.15, 0.2) is 17.9 Å². The van der Waals surface area contributed by atoms with Crippen LogP contribution in [0.5, 0.6) is 0 Å². The minimum atomic E-state index is -1.50. The molecule has 0 aliphatic carbocycles. The number of nitrogens with two attached hydrogens (primary N) is 6. The van der Waals surface area contributed by atoms with Gasteiger partial charge in [-0.05, 0) is 126 Å². The van der Waals surface area contributed by atoms with Crippen molar-refractivity contribution in [2.24, 2.45) is 55.3 Å². The van der Waals surface area contributed by atoms with Crippen LogP contribution >= 0.6 is 35.8 Å². The van der Waals surface area contributed by atoms with Gasteiger partial charge in [0.05, 0.1) is 23.0 Å². The lowest BCUT2D eigenvalue weighted by Gasteiger charge is -2.27. The Bertz CT molecular complexity index is 3000. The van der Waals surface area contributed by atoms with Gasteiger partial charge in [-0.3, -0.25) is 67.7 Å². The molecule has 3 rings (SSSR count). The van der Waals surface area contributed by atoms with Crippen molar-refractivity contribution in [3.8, 4) is 0 Å². The van der Waals surface area contributed by atoms with Crippen molar-refractivity contribution in [3.63, 3.8) is 0 Å². The van der Waals surface area contributed by atoms with Gasteiger partial charge in [0.2, 0.25) is 59.1 Å². The summed E-state index contributed by atoms with van der Waals surface area (Å²) in [5.41, 5.74) is 34.8. The van der Waals surface area contributed by atoms with Crippen molar-refractivity contribution in [3.05, 3.63) is 63.6 Å². The predicted octanol–water partition coefficient (Wildman–Crippen LogP) is -3.13. The molecule has 1 fully saturated rings. The van der Waals surface area contributed by atoms with Crippen LogP contribution in [0.1, 0.15) is 108 Å². The van der Waals surface area contributed by atoms with Gasteiger partial charge in [-0.1, -0.05) is 43.1 Å². The van der Waals surface area contributed by atoms with E-state index in [1.807, 2.05) is 12.1 Å². The number of amides is 11. The van der Waals surface area contributed by atoms with Crippen LogP contribution in [0.2, 0.25) is 10.0 Å². The van der Waals surface area contributed by atoms with Crippen LogP contribution in [0.25, 0.3) is 0 Å². The third-order valence-corrected chi connectivity index (χ3v) is 15.2. The largest absolute Gasteiger partial charge is 0.372 e. The van der Waals surface area contributed by atoms with Gasteiger partial charge in [-0.25, -0.2) is 0 Å². The van der Waals surface area contributed by atoms with Crippen molar-refractivity contribution in [2.75, 3.05) is 63.0 Å². The second kappa shape index (κ2) is 41.7. The number of nitrogens with one attached hydrogen (secondary N) is 11. The van der Waals surface area contributed by atoms with E-state index in [1.54, 1.807) is 32.0 Å². The Kier molecular flexibility index (Phi) is 35.2. The number of hydrogen-bond donors (Lipinski definition) is 18. The van der Waals surface area contributed by atoms with Crippen LogP contribution < -0.4 is 97.8 Å². The molecule has 8 atom stereocenters. The maximum absolute atomic E-state index is 14.4. The summed E-state index contributed by atoms with van der Waals surface area (Å²) >= 11 is 16.2. The van der Waals surface area contributed by atoms with Gasteiger partial charge in [0, 0.05) is 62.8 Å². The number of rotatable bonds is 40. The van der Waals surface area contributed by atoms with Crippen molar-refractivity contribution < 1.29 is 52.7 Å². The molecule has 0 saturated carbocycles. The fraction of sp³-hybridized carbons (Fsp3) is 0.559. The first-order chi connectivity index (χ1) is 44.5. The molecule has 2 aromatic carbocycles. The van der Waals surface area contributed by atoms with Crippen LogP contribution in [-0.4, -0.2) is 189 Å². The lowest BCUT2D eigenvalue weighted by Crippen LogP contribution is -2.60. The molecule has 0 radical (unpaired) electrons. The summed E-state index contributed by atoms with van der Waals surface area (Å²) in [5.74, 6) is -9.00. The van der Waals surface area contributed by atoms with E-state index in [4.69, 9.17) is 57.6 Å². The van der Waals surface area contributed by atoms with E-state index in [9.17, 15) is 52.7 Å². The Morgan fingerprint density at radius 3 is 1.44 bits per heavy atom. The van der Waals surface area contributed by atoms with Crippen molar-refractivity contribution >= 4 is 124 Å². The summed E-state index contributed by atoms with van der Waals surface area (Å²) < 4.78 is 0. The highest BCUT2D eigenvalue weighted by Gasteiger charge is 2.34. The first-order valence-corrected chi connectivity index (χ1v) is 32.2. The number of benzene rings is 2. The zero-order valence-electron chi connectivity index (χ0n) is 53.6. The van der Waals surface area contributed by atoms with Gasteiger partial charge >= 0.3 is 0 Å². The lowest BCUT2D eigenvalue weighted by atomic mass is 10.0. The first-order valence-electron chi connectivity index (χ1n) is 30.8. The average Bonchev–Trinajstić information content (AvgIpc) is 1.36. The fourth-order valence-electron chi connectivity index (χ4n) is 9.29. The summed E-state index contributed by atoms with van der Waals surface area (Å²) in [6, 6.07) is 1.04. The number of hydrogen-bond acceptors (Lipinski definition) is 16. The standard InChI is InChI=1S/C59H93Cl2N21O11S/c1-32(2)27-44(55(92)79-43(13-10-22-71-59(66)67)54(91)81-45(56(93)76-33(3)48(85)68-23-26-94)30-72-51(88)37-15-17-38(18-16-37)82-24-6-7-25-82)80-50(87)35(5)75-47(84)31-73-52(89)41(11-8-20-69-57(62)63)78-53(90)42(12-9-21-70-58(64)65)77-49(86)34(4)74-46(83)29-36-14-19-39(60)40(61)28-36/h14-19,28,32-35,41-45,94H,6-13,20-27,29-31H2,1-5H3,(H,68,85)(H,72,88)(H,73,89)(H,74,83)(H,75,84)(H,76,93)(H,77,86)(H,78,90)(H,79,92)(H,80,87)(H,81,91)(H4,62,63,69)(H4,64,65,70)(H4,66,67,71)/t33-,34-,35-,41-,42-,43-,44-,45?/m0/s1. The van der Waals surface area contributed by atoms with Crippen molar-refractivity contribution in [1.29, 1.82) is 0 Å². The summed E-state index contributed by atoms with van der Waals surface area (Å²) in [5, 5.41) is 28.9. The van der Waals surface area contributed by atoms with Crippen LogP contribution in [0.15, 0.2) is 57.4 Å². The van der Waals surface area contributed by atoms with Gasteiger partial charge in [0.1, 0.15) is 48.3 Å². The molecule has 23 N–H and O–H groups in total. The molecule has 1 unspecified atom stereocenters. The molecule has 1 saturated heterocycles. The quantitative estimate of drug-likeness (QED) is 0.0136. The maximum atomic E-state index is 14.4. The van der Waals surface area contributed by atoms with E-state index in [2.05, 4.69) is 91.0 Å². The number of anilines is 1. The highest BCUT2D eigenvalue weighted by atomic mass is 35.5. The van der Waals surface area contributed by atoms with E-state index < -0.39 is 126 Å². The summed E-state index contributed by atoms with van der Waals surface area (Å²) in [7, 11) is 0. The average molecular weight is 1380 g/mol. The number of guanidine groups is 3. The van der Waals surface area contributed by atoms with Gasteiger partial charge in [-0.15, -0.1) is 0 Å². The number of aliphatic imine (C=N–C) groups is 3. The number of carbonyl (C=O) groups excluding carboxylic acids is 11. The second-order valence-corrected chi connectivity index (χ2v) is 24.0. The van der Waals surface area contributed by atoms with Crippen molar-refractivity contribution in [1.82, 2.24) is 58.5 Å². The molecule has 1 heterocycles. The lowest BCUT2D eigenvalue weighted by molar-refractivity contribution is -0.135. The highest BCUT2D eigenvalue weighted by Crippen LogP contribution is 2.23. The Labute approximate surface area is 562 Å². The number of carbonyl (C=O) groups is 11. The van der Waals surface area contributed by atoms with Crippen LogP contribution in [0.3, 0.4) is 0 Å². The van der Waals surface area contributed by atoms with Crippen LogP contribution in [-0.2, 0) is 54.4 Å². The van der Waals surface area contributed by atoms with E-state index in [1.165, 1.54) is 32.9 Å². The molecule has 35 heteroatoms. The van der Waals surface area contributed by atoms with Crippen LogP contribution in [0, 0.1) is 5.92 Å². The number of thiol groups is 1. The molecule has 520 valence electrons. The smallest absolute Gasteiger partial charge is 0.251 e. The molecular formula is C59H93Cl2N21O11S. The molecule has 1 aliphatic heterocycles. The Hall–Kier alpha value is -8.85. The number of halogens is 2. The molecular weight excluding hydrogens is 1280 g/mol. The zero-order valence-corrected chi connectivity index (χ0v) is 56.0. The first kappa shape index (κ1) is 79.4. The van der Waals surface area contributed by atoms with Crippen LogP contribution in [0.4, 0.5) is 5.69 Å². The number of nitrogens with zero attached hydrogens (tertiary/aromatic N) is 4. The van der Waals surface area contributed by atoms with Gasteiger partial charge in [0.25, 0.3) is 5.91 Å². The van der Waals surface area contributed by atoms with Gasteiger partial charge in [-0.2, -0.15) is 12.6 Å². The second-order valence-electron chi connectivity index (χ2n) is 22.7. The topological polar surface area (TPSA) is 517 Å². The third kappa shape index (κ3) is 30.3. The minimum Gasteiger partial charge on any atom is -0.372 e. The summed E-state index contributed by atoms with van der Waals surface area (Å²) in [6.07, 6.45) is 2.18. The van der Waals surface area contributed by atoms with E-state index in [-0.39, 0.29) is 117 Å². The Morgan fingerprint density at radius 2 is 0.947 bits per heavy atom. The molecule has 1 aliphatic rings. The Morgan fingerprint density at radius 1 is 0.500 bits per heavy atom. The monoisotopic (exact) mass is 1370 g/mol. The maximum Gasteiger partial charge on any atom is 0.251 e. The molecule has 0 bridgehead atoms. The molecule has 32 nitrogen and oxygen atoms in total. The SMILES string of the molecule is CC(C)C[C@H](NC(=O)[C@H](C)NC(=O)CNC(=O)[C@H](CCCN=C(N)N)NC(=O)[C@H](CCCN=C(N)N)NC(=O)[C@H](C)NC(=O)Cc1ccc(Cl)c(Cl)c1)C(=O)N[C@@H](CCCN=C(N)N)C(=O)NC(CNC(=O)c1ccc(N2CCCC2)cc1)C(=O)N[C@@H](C)C(=O)NCCS. The van der Waals surface area contributed by atoms with Gasteiger partial charge < -0.3 is 97.8 Å². The molecule has 0 spiro atoms. The highest BCUT2D eigenvalue weighted by molar-refractivity contribution is 7.80. The third-order valence-electron chi connectivity index (χ3n) is 14.3. The normalized spacial score (nSPS) is 14.2. The fourth-order valence-corrected chi connectivity index (χ4v) is 9.72. The van der Waals surface area contributed by atoms with Crippen molar-refractivity contribution in [2.45, 2.75) is 147 Å².